The molecule has 6 nitrogen and oxygen atoms in total. The number of nitrogens with one attached hydrogen (secondary N) is 1. The first-order valence-corrected chi connectivity index (χ1v) is 9.40. The van der Waals surface area contributed by atoms with Gasteiger partial charge in [0.05, 0.1) is 11.8 Å². The van der Waals surface area contributed by atoms with Gasteiger partial charge in [0, 0.05) is 0 Å². The molecule has 30 heavy (non-hydrogen) atoms. The first-order valence-electron chi connectivity index (χ1n) is 9.40. The Labute approximate surface area is 175 Å². The van der Waals surface area contributed by atoms with Crippen LogP contribution in [0.3, 0.4) is 0 Å². The van der Waals surface area contributed by atoms with Gasteiger partial charge in [0.15, 0.2) is 6.61 Å². The molecule has 0 atom stereocenters. The molecule has 0 spiro atoms. The van der Waals surface area contributed by atoms with E-state index in [0.29, 0.717) is 17.1 Å². The van der Waals surface area contributed by atoms with E-state index in [0.717, 1.165) is 16.7 Å². The zero-order chi connectivity index (χ0) is 21.3. The molecule has 0 aliphatic rings. The molecule has 3 aromatic carbocycles. The lowest BCUT2D eigenvalue weighted by Crippen LogP contribution is -2.24. The van der Waals surface area contributed by atoms with Crippen molar-refractivity contribution in [1.82, 2.24) is 5.43 Å². The van der Waals surface area contributed by atoms with Crippen molar-refractivity contribution in [2.75, 3.05) is 6.61 Å². The number of ether oxygens (including phenoxy) is 2. The smallest absolute Gasteiger partial charge is 0.343 e. The van der Waals surface area contributed by atoms with Crippen molar-refractivity contribution in [2.45, 2.75) is 13.8 Å². The van der Waals surface area contributed by atoms with Crippen LogP contribution in [0.4, 0.5) is 0 Å². The van der Waals surface area contributed by atoms with E-state index in [4.69, 9.17) is 9.47 Å². The van der Waals surface area contributed by atoms with Crippen LogP contribution in [-0.2, 0) is 4.79 Å². The molecule has 0 bridgehead atoms. The summed E-state index contributed by atoms with van der Waals surface area (Å²) in [7, 11) is 0. The zero-order valence-corrected chi connectivity index (χ0v) is 16.8. The molecule has 0 aliphatic carbocycles. The Kier molecular flexibility index (Phi) is 6.95. The topological polar surface area (TPSA) is 77.0 Å². The molecule has 1 amide bonds. The minimum absolute atomic E-state index is 0.131. The van der Waals surface area contributed by atoms with Crippen molar-refractivity contribution in [3.63, 3.8) is 0 Å². The van der Waals surface area contributed by atoms with Crippen molar-refractivity contribution < 1.29 is 19.1 Å². The lowest BCUT2D eigenvalue weighted by Gasteiger charge is -2.06. The highest BCUT2D eigenvalue weighted by atomic mass is 16.5. The van der Waals surface area contributed by atoms with Gasteiger partial charge in [0.25, 0.3) is 5.91 Å². The number of carbonyl (C=O) groups excluding carboxylic acids is 2. The van der Waals surface area contributed by atoms with Gasteiger partial charge in [-0.3, -0.25) is 4.79 Å². The maximum absolute atomic E-state index is 12.2. The normalized spacial score (nSPS) is 10.6. The number of rotatable bonds is 7. The Balaban J connectivity index is 1.46. The predicted octanol–water partition coefficient (Wildman–Crippen LogP) is 4.05. The quantitative estimate of drug-likeness (QED) is 0.280. The minimum Gasteiger partial charge on any atom is -0.484 e. The number of hydrazone groups is 1. The van der Waals surface area contributed by atoms with Crippen LogP contribution in [0.2, 0.25) is 0 Å². The van der Waals surface area contributed by atoms with Gasteiger partial charge in [0.1, 0.15) is 11.5 Å². The van der Waals surface area contributed by atoms with E-state index in [1.807, 2.05) is 38.1 Å². The van der Waals surface area contributed by atoms with E-state index >= 15 is 0 Å². The van der Waals surface area contributed by atoms with Crippen molar-refractivity contribution in [1.29, 1.82) is 0 Å². The largest absolute Gasteiger partial charge is 0.484 e. The second-order valence-corrected chi connectivity index (χ2v) is 6.72. The summed E-state index contributed by atoms with van der Waals surface area (Å²) in [6.07, 6.45) is 1.50. The first-order chi connectivity index (χ1) is 14.5. The molecule has 0 radical (unpaired) electrons. The van der Waals surface area contributed by atoms with Gasteiger partial charge in [-0.2, -0.15) is 5.10 Å². The van der Waals surface area contributed by atoms with Gasteiger partial charge in [-0.15, -0.1) is 0 Å². The van der Waals surface area contributed by atoms with Crippen LogP contribution < -0.4 is 14.9 Å². The molecule has 152 valence electrons. The molecule has 6 heteroatoms. The molecule has 0 unspecified atom stereocenters. The molecule has 0 aliphatic heterocycles. The highest BCUT2D eigenvalue weighted by Crippen LogP contribution is 2.14. The number of aryl methyl sites for hydroxylation is 2. The summed E-state index contributed by atoms with van der Waals surface area (Å²) in [6.45, 7) is 3.76. The number of nitrogens with zero attached hydrogens (tertiary/aromatic N) is 1. The maximum Gasteiger partial charge on any atom is 0.343 e. The van der Waals surface area contributed by atoms with E-state index < -0.39 is 5.97 Å². The summed E-state index contributed by atoms with van der Waals surface area (Å²) >= 11 is 0. The number of amides is 1. The van der Waals surface area contributed by atoms with Gasteiger partial charge in [-0.1, -0.05) is 35.4 Å². The lowest BCUT2D eigenvalue weighted by atomic mass is 10.1. The van der Waals surface area contributed by atoms with Gasteiger partial charge >= 0.3 is 5.97 Å². The molecule has 1 N–H and O–H groups in total. The Bertz CT molecular complexity index is 1040. The second-order valence-electron chi connectivity index (χ2n) is 6.72. The number of benzene rings is 3. The highest BCUT2D eigenvalue weighted by molar-refractivity contribution is 5.91. The fourth-order valence-electron chi connectivity index (χ4n) is 2.55. The van der Waals surface area contributed by atoms with Crippen LogP contribution in [-0.4, -0.2) is 24.7 Å². The van der Waals surface area contributed by atoms with Gasteiger partial charge in [-0.25, -0.2) is 10.2 Å². The highest BCUT2D eigenvalue weighted by Gasteiger charge is 2.08. The maximum atomic E-state index is 12.2. The van der Waals surface area contributed by atoms with E-state index in [2.05, 4.69) is 10.5 Å². The average Bonchev–Trinajstić information content (AvgIpc) is 2.74. The number of carbonyl (C=O) groups is 2. The third-order valence-electron chi connectivity index (χ3n) is 4.14. The molecule has 0 saturated carbocycles. The fraction of sp³-hybridized carbons (Fsp3) is 0.125. The summed E-state index contributed by atoms with van der Waals surface area (Å²) in [5.41, 5.74) is 5.75. The van der Waals surface area contributed by atoms with E-state index in [1.54, 1.807) is 48.5 Å². The van der Waals surface area contributed by atoms with Crippen molar-refractivity contribution in [2.24, 2.45) is 5.10 Å². The zero-order valence-electron chi connectivity index (χ0n) is 16.8. The van der Waals surface area contributed by atoms with Gasteiger partial charge in [0.2, 0.25) is 0 Å². The molecule has 0 heterocycles. The first kappa shape index (κ1) is 20.8. The molecule has 3 rings (SSSR count). The van der Waals surface area contributed by atoms with Crippen molar-refractivity contribution in [3.8, 4) is 11.5 Å². The SMILES string of the molecule is Cc1ccc(OCC(=O)NN=Cc2ccc(OC(=O)c3cccc(C)c3)cc2)cc1. The summed E-state index contributed by atoms with van der Waals surface area (Å²) in [5, 5.41) is 3.90. The molecule has 0 aromatic heterocycles. The van der Waals surface area contributed by atoms with Crippen LogP contribution >= 0.6 is 0 Å². The number of hydrogen-bond donors (Lipinski definition) is 1. The van der Waals surface area contributed by atoms with Crippen molar-refractivity contribution >= 4 is 18.1 Å². The molecule has 0 fully saturated rings. The summed E-state index contributed by atoms with van der Waals surface area (Å²) in [4.78, 5) is 24.0. The van der Waals surface area contributed by atoms with E-state index in [-0.39, 0.29) is 12.5 Å². The Morgan fingerprint density at radius 3 is 2.30 bits per heavy atom. The minimum atomic E-state index is -0.416. The average molecular weight is 402 g/mol. The molecule has 3 aromatic rings. The Morgan fingerprint density at radius 1 is 0.900 bits per heavy atom. The number of hydrogen-bond acceptors (Lipinski definition) is 5. The van der Waals surface area contributed by atoms with Crippen molar-refractivity contribution in [3.05, 3.63) is 95.1 Å². The van der Waals surface area contributed by atoms with Crippen LogP contribution in [0.25, 0.3) is 0 Å². The van der Waals surface area contributed by atoms with E-state index in [9.17, 15) is 9.59 Å². The second kappa shape index (κ2) is 10.0. The molecule has 0 saturated heterocycles. The van der Waals surface area contributed by atoms with Gasteiger partial charge < -0.3 is 9.47 Å². The molecular formula is C24H22N2O4. The summed E-state index contributed by atoms with van der Waals surface area (Å²) in [5.74, 6) is 0.265. The molecular weight excluding hydrogens is 380 g/mol. The lowest BCUT2D eigenvalue weighted by molar-refractivity contribution is -0.123. The summed E-state index contributed by atoms with van der Waals surface area (Å²) < 4.78 is 10.8. The van der Waals surface area contributed by atoms with Crippen LogP contribution in [0.5, 0.6) is 11.5 Å². The van der Waals surface area contributed by atoms with Crippen LogP contribution in [0.1, 0.15) is 27.0 Å². The van der Waals surface area contributed by atoms with Crippen LogP contribution in [0.15, 0.2) is 77.9 Å². The summed E-state index contributed by atoms with van der Waals surface area (Å²) in [6, 6.07) is 21.4. The Hall–Kier alpha value is -3.93. The van der Waals surface area contributed by atoms with Gasteiger partial charge in [-0.05, 0) is 67.9 Å². The Morgan fingerprint density at radius 2 is 1.60 bits per heavy atom. The third kappa shape index (κ3) is 6.31. The standard InChI is InChI=1S/C24H22N2O4/c1-17-6-10-21(11-7-17)29-16-23(27)26-25-15-19-8-12-22(13-9-19)30-24(28)20-5-3-4-18(2)14-20/h3-15H,16H2,1-2H3,(H,26,27). The predicted molar refractivity (Wildman–Crippen MR) is 115 cm³/mol. The monoisotopic (exact) mass is 402 g/mol. The third-order valence-corrected chi connectivity index (χ3v) is 4.14. The number of esters is 1. The fourth-order valence-corrected chi connectivity index (χ4v) is 2.55. The van der Waals surface area contributed by atoms with Crippen LogP contribution in [0, 0.1) is 13.8 Å². The van der Waals surface area contributed by atoms with E-state index in [1.165, 1.54) is 6.21 Å².